The van der Waals surface area contributed by atoms with Gasteiger partial charge in [-0.25, -0.2) is 8.42 Å². The number of carbonyl (C=O) groups excluding carboxylic acids is 1. The second-order valence-electron chi connectivity index (χ2n) is 7.27. The summed E-state index contributed by atoms with van der Waals surface area (Å²) in [4.78, 5) is 14.3. The number of rotatable bonds is 8. The smallest absolute Gasteiger partial charge is 0.241 e. The zero-order chi connectivity index (χ0) is 21.6. The average molecular weight is 470 g/mol. The fraction of sp³-hybridized carbons (Fsp3) is 0.381. The SMILES string of the molecule is O=C(CS(=O)(=O)Nc1ccc(N2CCCCC2)cc1)NCCc1cccc(Cl)c1Cl. The van der Waals surface area contributed by atoms with Crippen LogP contribution >= 0.6 is 23.2 Å². The van der Waals surface area contributed by atoms with Crippen molar-refractivity contribution in [3.8, 4) is 0 Å². The molecule has 2 aromatic rings. The van der Waals surface area contributed by atoms with Gasteiger partial charge >= 0.3 is 0 Å². The lowest BCUT2D eigenvalue weighted by Crippen LogP contribution is -2.34. The molecule has 9 heteroatoms. The van der Waals surface area contributed by atoms with E-state index in [2.05, 4.69) is 14.9 Å². The monoisotopic (exact) mass is 469 g/mol. The molecule has 0 atom stereocenters. The summed E-state index contributed by atoms with van der Waals surface area (Å²) in [5.41, 5.74) is 2.31. The fourth-order valence-electron chi connectivity index (χ4n) is 3.41. The van der Waals surface area contributed by atoms with E-state index in [0.29, 0.717) is 22.2 Å². The Hall–Kier alpha value is -1.96. The van der Waals surface area contributed by atoms with E-state index in [1.165, 1.54) is 19.3 Å². The van der Waals surface area contributed by atoms with E-state index in [0.717, 1.165) is 24.3 Å². The van der Waals surface area contributed by atoms with Gasteiger partial charge < -0.3 is 10.2 Å². The van der Waals surface area contributed by atoms with Crippen molar-refractivity contribution >= 4 is 50.5 Å². The largest absolute Gasteiger partial charge is 0.372 e. The van der Waals surface area contributed by atoms with Crippen molar-refractivity contribution in [1.82, 2.24) is 5.32 Å². The highest BCUT2D eigenvalue weighted by Crippen LogP contribution is 2.25. The third-order valence-electron chi connectivity index (χ3n) is 4.93. The summed E-state index contributed by atoms with van der Waals surface area (Å²) in [7, 11) is -3.80. The summed E-state index contributed by atoms with van der Waals surface area (Å²) in [5, 5.41) is 3.49. The van der Waals surface area contributed by atoms with Gasteiger partial charge in [-0.05, 0) is 61.6 Å². The summed E-state index contributed by atoms with van der Waals surface area (Å²) in [5.74, 6) is -1.23. The topological polar surface area (TPSA) is 78.5 Å². The van der Waals surface area contributed by atoms with Crippen molar-refractivity contribution < 1.29 is 13.2 Å². The molecule has 0 saturated carbocycles. The van der Waals surface area contributed by atoms with Crippen molar-refractivity contribution in [3.63, 3.8) is 0 Å². The summed E-state index contributed by atoms with van der Waals surface area (Å²) < 4.78 is 27.1. The predicted octanol–water partition coefficient (Wildman–Crippen LogP) is 4.08. The standard InChI is InChI=1S/C21H25Cl2N3O3S/c22-19-6-4-5-16(21(19)23)11-12-24-20(27)15-30(28,29)25-17-7-9-18(10-8-17)26-13-2-1-3-14-26/h4-10,25H,1-3,11-15H2,(H,24,27). The number of nitrogens with zero attached hydrogens (tertiary/aromatic N) is 1. The first-order chi connectivity index (χ1) is 14.3. The Morgan fingerprint density at radius 1 is 1.00 bits per heavy atom. The summed E-state index contributed by atoms with van der Waals surface area (Å²) in [6.07, 6.45) is 4.05. The van der Waals surface area contributed by atoms with Crippen molar-refractivity contribution in [2.24, 2.45) is 0 Å². The second kappa shape index (κ2) is 10.4. The normalized spacial score (nSPS) is 14.4. The molecule has 2 N–H and O–H groups in total. The zero-order valence-corrected chi connectivity index (χ0v) is 18.9. The molecule has 2 aromatic carbocycles. The first-order valence-electron chi connectivity index (χ1n) is 9.89. The van der Waals surface area contributed by atoms with Crippen LogP contribution < -0.4 is 14.9 Å². The van der Waals surface area contributed by atoms with Crippen molar-refractivity contribution in [2.75, 3.05) is 35.0 Å². The van der Waals surface area contributed by atoms with E-state index >= 15 is 0 Å². The highest BCUT2D eigenvalue weighted by Gasteiger charge is 2.17. The fourth-order valence-corrected chi connectivity index (χ4v) is 4.84. The molecule has 1 saturated heterocycles. The molecule has 1 fully saturated rings. The minimum absolute atomic E-state index is 0.263. The lowest BCUT2D eigenvalue weighted by Gasteiger charge is -2.28. The van der Waals surface area contributed by atoms with Crippen molar-refractivity contribution in [1.29, 1.82) is 0 Å². The van der Waals surface area contributed by atoms with Gasteiger partial charge in [0.25, 0.3) is 0 Å². The van der Waals surface area contributed by atoms with E-state index in [1.807, 2.05) is 18.2 Å². The van der Waals surface area contributed by atoms with Crippen LogP contribution in [-0.2, 0) is 21.2 Å². The summed E-state index contributed by atoms with van der Waals surface area (Å²) in [6, 6.07) is 12.5. The van der Waals surface area contributed by atoms with Gasteiger partial charge in [0.2, 0.25) is 15.9 Å². The molecule has 162 valence electrons. The number of carbonyl (C=O) groups is 1. The molecule has 0 unspecified atom stereocenters. The molecule has 1 heterocycles. The van der Waals surface area contributed by atoms with Crippen molar-refractivity contribution in [3.05, 3.63) is 58.1 Å². The highest BCUT2D eigenvalue weighted by atomic mass is 35.5. The van der Waals surface area contributed by atoms with Crippen LogP contribution in [-0.4, -0.2) is 39.7 Å². The number of sulfonamides is 1. The van der Waals surface area contributed by atoms with Gasteiger partial charge in [-0.15, -0.1) is 0 Å². The van der Waals surface area contributed by atoms with Crippen molar-refractivity contribution in [2.45, 2.75) is 25.7 Å². The highest BCUT2D eigenvalue weighted by molar-refractivity contribution is 7.93. The molecule has 30 heavy (non-hydrogen) atoms. The van der Waals surface area contributed by atoms with Crippen LogP contribution in [0.15, 0.2) is 42.5 Å². The maximum absolute atomic E-state index is 12.3. The van der Waals surface area contributed by atoms with E-state index in [1.54, 1.807) is 24.3 Å². The summed E-state index contributed by atoms with van der Waals surface area (Å²) >= 11 is 12.1. The van der Waals surface area contributed by atoms with Gasteiger partial charge in [0.1, 0.15) is 5.75 Å². The Morgan fingerprint density at radius 3 is 2.40 bits per heavy atom. The number of halogens is 2. The number of nitrogens with one attached hydrogen (secondary N) is 2. The Morgan fingerprint density at radius 2 is 1.70 bits per heavy atom. The maximum Gasteiger partial charge on any atom is 0.241 e. The molecule has 0 spiro atoms. The Labute approximate surface area is 187 Å². The third kappa shape index (κ3) is 6.52. The number of benzene rings is 2. The van der Waals surface area contributed by atoms with E-state index < -0.39 is 21.7 Å². The first kappa shape index (κ1) is 22.7. The molecule has 1 amide bonds. The molecule has 1 aliphatic rings. The lowest BCUT2D eigenvalue weighted by molar-refractivity contribution is -0.118. The summed E-state index contributed by atoms with van der Waals surface area (Å²) in [6.45, 7) is 2.30. The molecular weight excluding hydrogens is 445 g/mol. The maximum atomic E-state index is 12.3. The number of hydrogen-bond donors (Lipinski definition) is 2. The number of amides is 1. The average Bonchev–Trinajstić information content (AvgIpc) is 2.71. The first-order valence-corrected chi connectivity index (χ1v) is 12.3. The molecule has 1 aliphatic heterocycles. The van der Waals surface area contributed by atoms with Crippen LogP contribution in [0.4, 0.5) is 11.4 Å². The number of piperidine rings is 1. The molecule has 0 aromatic heterocycles. The zero-order valence-electron chi connectivity index (χ0n) is 16.5. The van der Waals surface area contributed by atoms with Crippen LogP contribution in [0.1, 0.15) is 24.8 Å². The van der Waals surface area contributed by atoms with E-state index in [-0.39, 0.29) is 6.54 Å². The lowest BCUT2D eigenvalue weighted by atomic mass is 10.1. The van der Waals surface area contributed by atoms with E-state index in [9.17, 15) is 13.2 Å². The Balaban J connectivity index is 1.48. The Bertz CT molecular complexity index is 975. The van der Waals surface area contributed by atoms with Gasteiger partial charge in [-0.2, -0.15) is 0 Å². The van der Waals surface area contributed by atoms with Crippen LogP contribution in [0.3, 0.4) is 0 Å². The Kier molecular flexibility index (Phi) is 7.86. The van der Waals surface area contributed by atoms with Gasteiger partial charge in [0.15, 0.2) is 0 Å². The molecular formula is C21H25Cl2N3O3S. The van der Waals surface area contributed by atoms with Crippen LogP contribution in [0.5, 0.6) is 0 Å². The van der Waals surface area contributed by atoms with Gasteiger partial charge in [0.05, 0.1) is 10.0 Å². The molecule has 3 rings (SSSR count). The quantitative estimate of drug-likeness (QED) is 0.610. The van der Waals surface area contributed by atoms with E-state index in [4.69, 9.17) is 23.2 Å². The molecule has 0 radical (unpaired) electrons. The van der Waals surface area contributed by atoms with Crippen LogP contribution in [0.25, 0.3) is 0 Å². The molecule has 0 aliphatic carbocycles. The third-order valence-corrected chi connectivity index (χ3v) is 6.98. The number of anilines is 2. The van der Waals surface area contributed by atoms with Gasteiger partial charge in [-0.1, -0.05) is 35.3 Å². The van der Waals surface area contributed by atoms with Crippen LogP contribution in [0, 0.1) is 0 Å². The predicted molar refractivity (Wildman–Crippen MR) is 123 cm³/mol. The second-order valence-corrected chi connectivity index (χ2v) is 9.78. The van der Waals surface area contributed by atoms with Gasteiger partial charge in [-0.3, -0.25) is 9.52 Å². The van der Waals surface area contributed by atoms with Crippen LogP contribution in [0.2, 0.25) is 10.0 Å². The minimum Gasteiger partial charge on any atom is -0.372 e. The minimum atomic E-state index is -3.80. The molecule has 0 bridgehead atoms. The number of hydrogen-bond acceptors (Lipinski definition) is 4. The van der Waals surface area contributed by atoms with Gasteiger partial charge in [0, 0.05) is 31.0 Å². The molecule has 6 nitrogen and oxygen atoms in total.